The summed E-state index contributed by atoms with van der Waals surface area (Å²) in [5.74, 6) is 1.07. The number of nitrogen functional groups attached to an aromatic ring is 1. The van der Waals surface area contributed by atoms with Gasteiger partial charge in [0.1, 0.15) is 0 Å². The van der Waals surface area contributed by atoms with E-state index in [1.165, 1.54) is 11.1 Å². The smallest absolute Gasteiger partial charge is 0.224 e. The number of aromatic nitrogens is 2. The zero-order valence-corrected chi connectivity index (χ0v) is 15.2. The molecule has 0 amide bonds. The van der Waals surface area contributed by atoms with Gasteiger partial charge in [0.15, 0.2) is 11.6 Å². The minimum atomic E-state index is 0.124. The molecule has 3 rings (SSSR count). The van der Waals surface area contributed by atoms with Crippen molar-refractivity contribution < 1.29 is 0 Å². The van der Waals surface area contributed by atoms with Crippen molar-refractivity contribution in [1.82, 2.24) is 9.97 Å². The van der Waals surface area contributed by atoms with E-state index in [4.69, 9.17) is 5.73 Å². The Kier molecular flexibility index (Phi) is 5.73. The number of rotatable bonds is 6. The van der Waals surface area contributed by atoms with E-state index in [-0.39, 0.29) is 5.95 Å². The molecule has 7 heteroatoms. The summed E-state index contributed by atoms with van der Waals surface area (Å²) in [5.41, 5.74) is 15.8. The van der Waals surface area contributed by atoms with Crippen molar-refractivity contribution >= 4 is 30.0 Å². The monoisotopic (exact) mass is 359 g/mol. The second kappa shape index (κ2) is 8.57. The molecule has 4 N–H and O–H groups in total. The van der Waals surface area contributed by atoms with E-state index in [0.717, 1.165) is 11.1 Å². The van der Waals surface area contributed by atoms with Gasteiger partial charge in [0.2, 0.25) is 5.95 Å². The molecule has 1 heterocycles. The van der Waals surface area contributed by atoms with Gasteiger partial charge in [-0.3, -0.25) is 10.9 Å². The first kappa shape index (κ1) is 18.1. The third-order valence-electron chi connectivity index (χ3n) is 3.68. The van der Waals surface area contributed by atoms with E-state index in [0.29, 0.717) is 11.6 Å². The van der Waals surface area contributed by atoms with Crippen LogP contribution in [-0.4, -0.2) is 22.4 Å². The first-order valence-corrected chi connectivity index (χ1v) is 8.44. The maximum Gasteiger partial charge on any atom is 0.224 e. The van der Waals surface area contributed by atoms with Crippen LogP contribution in [0.4, 0.5) is 17.6 Å². The van der Waals surface area contributed by atoms with Crippen molar-refractivity contribution in [2.75, 3.05) is 16.6 Å². The molecule has 1 aromatic heterocycles. The average molecular weight is 359 g/mol. The number of hydrogen-bond donors (Lipinski definition) is 3. The maximum atomic E-state index is 5.75. The van der Waals surface area contributed by atoms with E-state index in [1.54, 1.807) is 18.5 Å². The Morgan fingerprint density at radius 3 is 1.56 bits per heavy atom. The van der Waals surface area contributed by atoms with Crippen LogP contribution in [0.25, 0.3) is 0 Å². The predicted octanol–water partition coefficient (Wildman–Crippen LogP) is 3.57. The summed E-state index contributed by atoms with van der Waals surface area (Å²) in [7, 11) is 0. The lowest BCUT2D eigenvalue weighted by atomic mass is 10.2. The van der Waals surface area contributed by atoms with Crippen molar-refractivity contribution in [3.05, 3.63) is 76.9 Å². The molecule has 0 spiro atoms. The second-order valence-electron chi connectivity index (χ2n) is 6.06. The molecule has 3 aromatic rings. The molecule has 136 valence electrons. The fraction of sp³-hybridized carbons (Fsp3) is 0.100. The largest absolute Gasteiger partial charge is 0.368 e. The Bertz CT molecular complexity index is 869. The Morgan fingerprint density at radius 2 is 1.15 bits per heavy atom. The lowest BCUT2D eigenvalue weighted by Crippen LogP contribution is -2.03. The summed E-state index contributed by atoms with van der Waals surface area (Å²) in [6, 6.07) is 17.7. The molecule has 0 atom stereocenters. The molecule has 2 aromatic carbocycles. The van der Waals surface area contributed by atoms with E-state index in [9.17, 15) is 0 Å². The summed E-state index contributed by atoms with van der Waals surface area (Å²) >= 11 is 0. The summed E-state index contributed by atoms with van der Waals surface area (Å²) in [4.78, 5) is 8.21. The normalized spacial score (nSPS) is 11.2. The highest BCUT2D eigenvalue weighted by Gasteiger charge is 2.00. The summed E-state index contributed by atoms with van der Waals surface area (Å²) in [5, 5.41) is 8.35. The van der Waals surface area contributed by atoms with E-state index < -0.39 is 0 Å². The number of nitrogens with zero attached hydrogens (tertiary/aromatic N) is 4. The third-order valence-corrected chi connectivity index (χ3v) is 3.68. The van der Waals surface area contributed by atoms with Crippen LogP contribution < -0.4 is 16.6 Å². The number of aryl methyl sites for hydroxylation is 2. The Hall–Kier alpha value is -3.74. The fourth-order valence-corrected chi connectivity index (χ4v) is 2.23. The van der Waals surface area contributed by atoms with Gasteiger partial charge in [-0.2, -0.15) is 20.2 Å². The van der Waals surface area contributed by atoms with Gasteiger partial charge < -0.3 is 5.73 Å². The molecule has 0 radical (unpaired) electrons. The van der Waals surface area contributed by atoms with Crippen LogP contribution in [0.1, 0.15) is 22.3 Å². The number of hydrogen-bond acceptors (Lipinski definition) is 7. The molecule has 27 heavy (non-hydrogen) atoms. The van der Waals surface area contributed by atoms with Crippen molar-refractivity contribution in [1.29, 1.82) is 0 Å². The maximum absolute atomic E-state index is 5.75. The molecule has 7 nitrogen and oxygen atoms in total. The first-order chi connectivity index (χ1) is 13.1. The highest BCUT2D eigenvalue weighted by atomic mass is 15.3. The predicted molar refractivity (Wildman–Crippen MR) is 111 cm³/mol. The molecule has 0 aliphatic carbocycles. The van der Waals surface area contributed by atoms with Gasteiger partial charge in [-0.25, -0.2) is 0 Å². The standard InChI is InChI=1S/C20H21N7/c1-14-3-7-16(8-4-14)12-22-26-18-11-19(25-20(21)24-18)27-23-13-17-9-5-15(2)6-10-17/h3-13H,1-2H3,(H4,21,24,25,26,27)/b22-12-,23-13-. The molecular weight excluding hydrogens is 338 g/mol. The number of hydrazone groups is 2. The molecule has 0 saturated carbocycles. The van der Waals surface area contributed by atoms with E-state index >= 15 is 0 Å². The zero-order valence-electron chi connectivity index (χ0n) is 15.2. The average Bonchev–Trinajstić information content (AvgIpc) is 2.65. The molecule has 0 aliphatic rings. The van der Waals surface area contributed by atoms with Crippen LogP contribution in [0.15, 0.2) is 64.8 Å². The minimum Gasteiger partial charge on any atom is -0.368 e. The molecule has 0 bridgehead atoms. The fourth-order valence-electron chi connectivity index (χ4n) is 2.23. The van der Waals surface area contributed by atoms with Gasteiger partial charge in [0.05, 0.1) is 12.4 Å². The van der Waals surface area contributed by atoms with Crippen LogP contribution in [0.5, 0.6) is 0 Å². The number of anilines is 3. The van der Waals surface area contributed by atoms with Gasteiger partial charge in [-0.1, -0.05) is 59.7 Å². The zero-order chi connectivity index (χ0) is 19.1. The number of benzene rings is 2. The van der Waals surface area contributed by atoms with Gasteiger partial charge in [-0.05, 0) is 25.0 Å². The summed E-state index contributed by atoms with van der Waals surface area (Å²) in [6.45, 7) is 4.08. The van der Waals surface area contributed by atoms with Gasteiger partial charge >= 0.3 is 0 Å². The van der Waals surface area contributed by atoms with Crippen LogP contribution in [-0.2, 0) is 0 Å². The van der Waals surface area contributed by atoms with Crippen molar-refractivity contribution in [2.24, 2.45) is 10.2 Å². The number of nitrogens with two attached hydrogens (primary N) is 1. The molecular formula is C20H21N7. The van der Waals surface area contributed by atoms with E-state index in [2.05, 4.69) is 31.0 Å². The molecule has 0 aliphatic heterocycles. The Balaban J connectivity index is 1.63. The molecule has 0 fully saturated rings. The van der Waals surface area contributed by atoms with Crippen LogP contribution >= 0.6 is 0 Å². The van der Waals surface area contributed by atoms with Crippen LogP contribution in [0.3, 0.4) is 0 Å². The van der Waals surface area contributed by atoms with Crippen LogP contribution in [0, 0.1) is 13.8 Å². The minimum absolute atomic E-state index is 0.124. The highest BCUT2D eigenvalue weighted by molar-refractivity contribution is 5.81. The SMILES string of the molecule is Cc1ccc(/C=N\Nc2cc(N/N=C\c3ccc(C)cc3)nc(N)n2)cc1. The lowest BCUT2D eigenvalue weighted by Gasteiger charge is -2.04. The van der Waals surface area contributed by atoms with Crippen molar-refractivity contribution in [3.63, 3.8) is 0 Å². The summed E-state index contributed by atoms with van der Waals surface area (Å²) in [6.07, 6.45) is 3.42. The topological polar surface area (TPSA) is 101 Å². The third kappa shape index (κ3) is 5.64. The van der Waals surface area contributed by atoms with Gasteiger partial charge in [0, 0.05) is 6.07 Å². The number of nitrogens with one attached hydrogen (secondary N) is 2. The van der Waals surface area contributed by atoms with Gasteiger partial charge in [0.25, 0.3) is 0 Å². The Morgan fingerprint density at radius 1 is 0.741 bits per heavy atom. The van der Waals surface area contributed by atoms with Crippen molar-refractivity contribution in [3.8, 4) is 0 Å². The van der Waals surface area contributed by atoms with Crippen molar-refractivity contribution in [2.45, 2.75) is 13.8 Å². The summed E-state index contributed by atoms with van der Waals surface area (Å²) < 4.78 is 0. The highest BCUT2D eigenvalue weighted by Crippen LogP contribution is 2.12. The molecule has 0 unspecified atom stereocenters. The van der Waals surface area contributed by atoms with E-state index in [1.807, 2.05) is 62.4 Å². The Labute approximate surface area is 158 Å². The van der Waals surface area contributed by atoms with Crippen LogP contribution in [0.2, 0.25) is 0 Å². The first-order valence-electron chi connectivity index (χ1n) is 8.44. The second-order valence-corrected chi connectivity index (χ2v) is 6.06. The quantitative estimate of drug-likeness (QED) is 0.461. The van der Waals surface area contributed by atoms with Gasteiger partial charge in [-0.15, -0.1) is 0 Å². The lowest BCUT2D eigenvalue weighted by molar-refractivity contribution is 1.13. The molecule has 0 saturated heterocycles.